The number of nitrogens with zero attached hydrogens (tertiary/aromatic N) is 3. The molecule has 0 fully saturated rings. The van der Waals surface area contributed by atoms with Gasteiger partial charge in [0.1, 0.15) is 13.2 Å². The molecule has 0 atom stereocenters. The van der Waals surface area contributed by atoms with Gasteiger partial charge in [0.05, 0.1) is 0 Å². The summed E-state index contributed by atoms with van der Waals surface area (Å²) < 4.78 is 15.1. The molecule has 0 bridgehead atoms. The second-order valence-corrected chi connectivity index (χ2v) is 11.0. The normalized spacial score (nSPS) is 11.1. The lowest BCUT2D eigenvalue weighted by Gasteiger charge is -2.23. The maximum atomic E-state index is 13.0. The Morgan fingerprint density at radius 2 is 1.00 bits per heavy atom. The Labute approximate surface area is 260 Å². The van der Waals surface area contributed by atoms with Crippen LogP contribution in [0.3, 0.4) is 0 Å². The summed E-state index contributed by atoms with van der Waals surface area (Å²) in [5.74, 6) is 0.718. The number of aryl methyl sites for hydroxylation is 2. The van der Waals surface area contributed by atoms with Crippen LogP contribution in [0.15, 0.2) is 107 Å². The monoisotopic (exact) mass is 599 g/mol. The number of aliphatic hydroxyl groups excluding tert-OH is 1. The van der Waals surface area contributed by atoms with E-state index in [4.69, 9.17) is 14.6 Å². The molecule has 0 saturated carbocycles. The molecule has 0 aliphatic rings. The van der Waals surface area contributed by atoms with Gasteiger partial charge in [-0.15, -0.1) is 0 Å². The van der Waals surface area contributed by atoms with Crippen LogP contribution in [0.2, 0.25) is 0 Å². The highest BCUT2D eigenvalue weighted by Gasteiger charge is 2.10. The minimum atomic E-state index is -0.118. The number of aliphatic hydroxyl groups is 1. The first kappa shape index (κ1) is 32.8. The molecule has 0 radical (unpaired) electrons. The van der Waals surface area contributed by atoms with Crippen molar-refractivity contribution in [2.45, 2.75) is 64.8 Å². The van der Waals surface area contributed by atoms with Crippen LogP contribution in [0, 0.1) is 0 Å². The topological polar surface area (TPSA) is 85.9 Å². The van der Waals surface area contributed by atoms with Crippen molar-refractivity contribution in [1.82, 2.24) is 14.0 Å². The van der Waals surface area contributed by atoms with Gasteiger partial charge in [0, 0.05) is 32.1 Å². The highest BCUT2D eigenvalue weighted by Crippen LogP contribution is 2.10. The number of hydrogen-bond acceptors (Lipinski definition) is 6. The molecule has 0 aliphatic carbocycles. The van der Waals surface area contributed by atoms with E-state index < -0.39 is 0 Å². The van der Waals surface area contributed by atoms with Crippen molar-refractivity contribution in [2.24, 2.45) is 0 Å². The van der Waals surface area contributed by atoms with Gasteiger partial charge in [-0.3, -0.25) is 9.59 Å². The number of unbranched alkanes of at least 4 members (excludes halogenated alkanes) is 3. The molecular formula is C36H45N3O5. The summed E-state index contributed by atoms with van der Waals surface area (Å²) in [6, 6.07) is 26.8. The molecule has 8 heteroatoms. The molecule has 4 aromatic rings. The second-order valence-electron chi connectivity index (χ2n) is 11.0. The van der Waals surface area contributed by atoms with Crippen molar-refractivity contribution in [1.29, 1.82) is 0 Å². The molecular weight excluding hydrogens is 554 g/mol. The summed E-state index contributed by atoms with van der Waals surface area (Å²) >= 11 is 0. The molecule has 0 aliphatic heterocycles. The van der Waals surface area contributed by atoms with Crippen molar-refractivity contribution in [3.05, 3.63) is 129 Å². The fraction of sp³-hybridized carbons (Fsp3) is 0.389. The summed E-state index contributed by atoms with van der Waals surface area (Å²) in [7, 11) is 0. The molecule has 2 aromatic carbocycles. The Kier molecular flexibility index (Phi) is 13.8. The maximum Gasteiger partial charge on any atom is 0.292 e. The van der Waals surface area contributed by atoms with E-state index >= 15 is 0 Å². The van der Waals surface area contributed by atoms with Gasteiger partial charge in [-0.25, -0.2) is 0 Å². The van der Waals surface area contributed by atoms with Gasteiger partial charge < -0.3 is 28.6 Å². The zero-order valence-electron chi connectivity index (χ0n) is 25.6. The Balaban J connectivity index is 1.29. The third-order valence-electron chi connectivity index (χ3n) is 7.57. The SMILES string of the molecule is O=c1c(OCc2ccccc2)cccn1CCCN(CCCCCCO)CCCn1cccc(OCc2ccccc2)c1=O. The lowest BCUT2D eigenvalue weighted by atomic mass is 10.2. The van der Waals surface area contributed by atoms with Crippen LogP contribution in [-0.4, -0.2) is 45.4 Å². The minimum Gasteiger partial charge on any atom is -0.483 e. The van der Waals surface area contributed by atoms with Crippen molar-refractivity contribution >= 4 is 0 Å². The number of pyridine rings is 2. The molecule has 2 aromatic heterocycles. The van der Waals surface area contributed by atoms with Crippen LogP contribution in [0.4, 0.5) is 0 Å². The van der Waals surface area contributed by atoms with Crippen molar-refractivity contribution in [3.8, 4) is 11.5 Å². The lowest BCUT2D eigenvalue weighted by Crippen LogP contribution is -2.31. The first-order valence-electron chi connectivity index (χ1n) is 15.7. The van der Waals surface area contributed by atoms with Gasteiger partial charge in [-0.2, -0.15) is 0 Å². The predicted octanol–water partition coefficient (Wildman–Crippen LogP) is 5.50. The Hall–Kier alpha value is -4.14. The Bertz CT molecular complexity index is 1380. The third-order valence-corrected chi connectivity index (χ3v) is 7.57. The average molecular weight is 600 g/mol. The summed E-state index contributed by atoms with van der Waals surface area (Å²) in [6.07, 6.45) is 9.23. The Morgan fingerprint density at radius 1 is 0.545 bits per heavy atom. The summed E-state index contributed by atoms with van der Waals surface area (Å²) in [4.78, 5) is 28.4. The van der Waals surface area contributed by atoms with Gasteiger partial charge in [-0.1, -0.05) is 73.5 Å². The standard InChI is InChI=1S/C36H45N3O5/c40-28-10-2-1-9-21-37(22-13-26-38-24-11-19-33(35(38)41)43-29-31-15-5-3-6-16-31)23-14-27-39-25-12-20-34(36(39)42)44-30-32-17-7-4-8-18-32/h3-8,11-12,15-20,24-25,40H,1-2,9-10,13-14,21-23,26-30H2. The predicted molar refractivity (Wildman–Crippen MR) is 174 cm³/mol. The average Bonchev–Trinajstić information content (AvgIpc) is 3.05. The zero-order valence-corrected chi connectivity index (χ0v) is 25.6. The van der Waals surface area contributed by atoms with Gasteiger partial charge in [-0.05, 0) is 80.7 Å². The molecule has 0 unspecified atom stereocenters. The largest absolute Gasteiger partial charge is 0.483 e. The second kappa shape index (κ2) is 18.5. The fourth-order valence-corrected chi connectivity index (χ4v) is 5.14. The van der Waals surface area contributed by atoms with Crippen LogP contribution in [0.25, 0.3) is 0 Å². The number of aromatic nitrogens is 2. The Morgan fingerprint density at radius 3 is 1.48 bits per heavy atom. The first-order chi connectivity index (χ1) is 21.6. The van der Waals surface area contributed by atoms with Gasteiger partial charge in [0.25, 0.3) is 11.1 Å². The molecule has 0 saturated heterocycles. The molecule has 4 rings (SSSR count). The lowest BCUT2D eigenvalue weighted by molar-refractivity contribution is 0.245. The summed E-state index contributed by atoms with van der Waals surface area (Å²) in [6.45, 7) is 4.77. The molecule has 44 heavy (non-hydrogen) atoms. The van der Waals surface area contributed by atoms with Crippen molar-refractivity contribution in [2.75, 3.05) is 26.2 Å². The van der Waals surface area contributed by atoms with Crippen LogP contribution in [0.5, 0.6) is 11.5 Å². The summed E-state index contributed by atoms with van der Waals surface area (Å²) in [5, 5.41) is 9.11. The maximum absolute atomic E-state index is 13.0. The van der Waals surface area contributed by atoms with Crippen molar-refractivity contribution < 1.29 is 14.6 Å². The van der Waals surface area contributed by atoms with E-state index in [0.29, 0.717) is 37.8 Å². The van der Waals surface area contributed by atoms with E-state index in [1.807, 2.05) is 85.2 Å². The van der Waals surface area contributed by atoms with E-state index in [1.54, 1.807) is 21.3 Å². The zero-order chi connectivity index (χ0) is 30.8. The number of hydrogen-bond donors (Lipinski definition) is 1. The number of rotatable bonds is 20. The van der Waals surface area contributed by atoms with Gasteiger partial charge in [0.15, 0.2) is 11.5 Å². The van der Waals surface area contributed by atoms with E-state index in [9.17, 15) is 9.59 Å². The molecule has 1 N–H and O–H groups in total. The highest BCUT2D eigenvalue weighted by molar-refractivity contribution is 5.21. The first-order valence-corrected chi connectivity index (χ1v) is 15.7. The summed E-state index contributed by atoms with van der Waals surface area (Å²) in [5.41, 5.74) is 1.80. The van der Waals surface area contributed by atoms with E-state index in [1.165, 1.54) is 0 Å². The van der Waals surface area contributed by atoms with Crippen LogP contribution in [-0.2, 0) is 26.3 Å². The molecule has 8 nitrogen and oxygen atoms in total. The van der Waals surface area contributed by atoms with Crippen LogP contribution < -0.4 is 20.6 Å². The quantitative estimate of drug-likeness (QED) is 0.135. The van der Waals surface area contributed by atoms with Crippen LogP contribution in [0.1, 0.15) is 49.7 Å². The van der Waals surface area contributed by atoms with E-state index in [2.05, 4.69) is 4.90 Å². The van der Waals surface area contributed by atoms with E-state index in [0.717, 1.165) is 69.3 Å². The van der Waals surface area contributed by atoms with E-state index in [-0.39, 0.29) is 17.7 Å². The number of benzene rings is 2. The van der Waals surface area contributed by atoms with Crippen LogP contribution >= 0.6 is 0 Å². The fourth-order valence-electron chi connectivity index (χ4n) is 5.14. The minimum absolute atomic E-state index is 0.118. The highest BCUT2D eigenvalue weighted by atomic mass is 16.5. The van der Waals surface area contributed by atoms with Gasteiger partial charge >= 0.3 is 0 Å². The van der Waals surface area contributed by atoms with Gasteiger partial charge in [0.2, 0.25) is 0 Å². The number of ether oxygens (including phenoxy) is 2. The van der Waals surface area contributed by atoms with Crippen molar-refractivity contribution in [3.63, 3.8) is 0 Å². The molecule has 0 amide bonds. The molecule has 0 spiro atoms. The molecule has 2 heterocycles. The molecule has 234 valence electrons. The smallest absolute Gasteiger partial charge is 0.292 e. The third kappa shape index (κ3) is 10.8.